The molecule has 0 bridgehead atoms. The van der Waals surface area contributed by atoms with Crippen LogP contribution in [0, 0.1) is 6.92 Å². The highest BCUT2D eigenvalue weighted by molar-refractivity contribution is 7.99. The van der Waals surface area contributed by atoms with Gasteiger partial charge in [0.1, 0.15) is 0 Å². The van der Waals surface area contributed by atoms with Crippen molar-refractivity contribution < 1.29 is 9.90 Å². The first-order valence-electron chi connectivity index (χ1n) is 4.64. The Balaban J connectivity index is 0.000000487. The van der Waals surface area contributed by atoms with Gasteiger partial charge in [0.15, 0.2) is 0 Å². The van der Waals surface area contributed by atoms with Crippen molar-refractivity contribution in [2.45, 2.75) is 37.5 Å². The van der Waals surface area contributed by atoms with Crippen LogP contribution in [0.1, 0.15) is 31.2 Å². The third-order valence-electron chi connectivity index (χ3n) is 1.58. The van der Waals surface area contributed by atoms with E-state index in [1.165, 1.54) is 18.9 Å². The van der Waals surface area contributed by atoms with Crippen molar-refractivity contribution in [2.24, 2.45) is 10.9 Å². The lowest BCUT2D eigenvalue weighted by Crippen LogP contribution is -2.12. The molecule has 1 aromatic rings. The first-order chi connectivity index (χ1) is 7.18. The van der Waals surface area contributed by atoms with E-state index in [1.54, 1.807) is 25.2 Å². The molecule has 0 saturated carbocycles. The Morgan fingerprint density at radius 3 is 2.19 bits per heavy atom. The third kappa shape index (κ3) is 5.50. The van der Waals surface area contributed by atoms with E-state index in [9.17, 15) is 9.90 Å². The average molecular weight is 262 g/mol. The highest BCUT2D eigenvalue weighted by atomic mass is 32.2. The van der Waals surface area contributed by atoms with Gasteiger partial charge in [-0.2, -0.15) is 0 Å². The third-order valence-corrected chi connectivity index (χ3v) is 4.00. The predicted octanol–water partition coefficient (Wildman–Crippen LogP) is 1.74. The molecular formula is C10H18N2O2S2. The second kappa shape index (κ2) is 6.24. The van der Waals surface area contributed by atoms with Crippen molar-refractivity contribution in [2.75, 3.05) is 0 Å². The predicted molar refractivity (Wildman–Crippen MR) is 69.2 cm³/mol. The Morgan fingerprint density at radius 1 is 1.56 bits per heavy atom. The Bertz CT molecular complexity index is 352. The average Bonchev–Trinajstić information content (AvgIpc) is 2.44. The van der Waals surface area contributed by atoms with E-state index in [1.807, 2.05) is 13.0 Å². The monoisotopic (exact) mass is 262 g/mol. The first kappa shape index (κ1) is 15.4. The van der Waals surface area contributed by atoms with Crippen LogP contribution in [0.2, 0.25) is 0 Å². The fraction of sp³-hybridized carbons (Fsp3) is 0.500. The molecule has 0 radical (unpaired) electrons. The molecule has 1 heterocycles. The zero-order valence-corrected chi connectivity index (χ0v) is 11.5. The van der Waals surface area contributed by atoms with Crippen molar-refractivity contribution in [3.05, 3.63) is 16.5 Å². The van der Waals surface area contributed by atoms with E-state index < -0.39 is 5.60 Å². The summed E-state index contributed by atoms with van der Waals surface area (Å²) in [4.78, 5) is 10.2. The van der Waals surface area contributed by atoms with Gasteiger partial charge < -0.3 is 10.8 Å². The second-order valence-corrected chi connectivity index (χ2v) is 5.82. The van der Waals surface area contributed by atoms with Crippen LogP contribution in [0.15, 0.2) is 10.3 Å². The number of thiophene rings is 1. The minimum Gasteiger partial charge on any atom is -0.385 e. The van der Waals surface area contributed by atoms with E-state index >= 15 is 0 Å². The van der Waals surface area contributed by atoms with Gasteiger partial charge in [-0.05, 0) is 44.3 Å². The van der Waals surface area contributed by atoms with Gasteiger partial charge in [-0.25, -0.2) is 0 Å². The van der Waals surface area contributed by atoms with Crippen LogP contribution in [0.5, 0.6) is 0 Å². The number of nitrogens with two attached hydrogens (primary N) is 2. The fourth-order valence-corrected chi connectivity index (χ4v) is 2.50. The van der Waals surface area contributed by atoms with Crippen LogP contribution in [-0.4, -0.2) is 11.0 Å². The summed E-state index contributed by atoms with van der Waals surface area (Å²) in [5.41, 5.74) is 4.87. The molecule has 0 atom stereocenters. The molecule has 0 aromatic carbocycles. The topological polar surface area (TPSA) is 89.3 Å². The summed E-state index contributed by atoms with van der Waals surface area (Å²) in [6.45, 7) is 6.87. The normalized spacial score (nSPS) is 10.6. The molecule has 1 aromatic heterocycles. The van der Waals surface area contributed by atoms with Gasteiger partial charge in [-0.15, -0.1) is 11.3 Å². The molecule has 6 heteroatoms. The van der Waals surface area contributed by atoms with Gasteiger partial charge in [0.25, 0.3) is 0 Å². The number of primary amides is 1. The molecule has 0 aliphatic carbocycles. The molecule has 1 amide bonds. The Hall–Kier alpha value is -0.560. The second-order valence-electron chi connectivity index (χ2n) is 3.87. The molecule has 0 fully saturated rings. The summed E-state index contributed by atoms with van der Waals surface area (Å²) in [5, 5.41) is 15.1. The Kier molecular flexibility index (Phi) is 6.02. The number of hydrogen-bond acceptors (Lipinski definition) is 5. The maximum absolute atomic E-state index is 9.68. The maximum Gasteiger partial charge on any atom is 0.214 e. The quantitative estimate of drug-likeness (QED) is 0.708. The van der Waals surface area contributed by atoms with Crippen LogP contribution < -0.4 is 10.9 Å². The number of amides is 1. The number of aryl methyl sites for hydroxylation is 1. The molecule has 0 aliphatic rings. The van der Waals surface area contributed by atoms with Crippen LogP contribution in [-0.2, 0) is 10.4 Å². The SMILES string of the molecule is CC(N)=O.Cc1cc(C(C)(C)O)sc1SN. The lowest BCUT2D eigenvalue weighted by atomic mass is 10.1. The van der Waals surface area contributed by atoms with Crippen LogP contribution >= 0.6 is 23.3 Å². The van der Waals surface area contributed by atoms with Crippen LogP contribution in [0.3, 0.4) is 0 Å². The summed E-state index contributed by atoms with van der Waals surface area (Å²) in [6, 6.07) is 1.99. The highest BCUT2D eigenvalue weighted by Crippen LogP contribution is 2.34. The lowest BCUT2D eigenvalue weighted by molar-refractivity contribution is -0.115. The molecule has 1 rings (SSSR count). The maximum atomic E-state index is 9.68. The Morgan fingerprint density at radius 2 is 2.00 bits per heavy atom. The molecule has 4 nitrogen and oxygen atoms in total. The standard InChI is InChI=1S/C8H13NOS2.C2H5NO/c1-5-4-6(8(2,3)10)11-7(5)12-9;1-2(3)4/h4,10H,9H2,1-3H3;1H3,(H2,3,4). The van der Waals surface area contributed by atoms with Crippen molar-refractivity contribution in [1.82, 2.24) is 0 Å². The van der Waals surface area contributed by atoms with Gasteiger partial charge in [-0.1, -0.05) is 0 Å². The number of hydrogen-bond donors (Lipinski definition) is 3. The van der Waals surface area contributed by atoms with Crippen molar-refractivity contribution in [3.63, 3.8) is 0 Å². The van der Waals surface area contributed by atoms with E-state index in [2.05, 4.69) is 5.73 Å². The summed E-state index contributed by atoms with van der Waals surface area (Å²) in [6.07, 6.45) is 0. The van der Waals surface area contributed by atoms with E-state index in [-0.39, 0.29) is 5.91 Å². The summed E-state index contributed by atoms with van der Waals surface area (Å²) >= 11 is 2.79. The zero-order valence-electron chi connectivity index (χ0n) is 9.90. The molecule has 5 N–H and O–H groups in total. The van der Waals surface area contributed by atoms with E-state index in [4.69, 9.17) is 5.14 Å². The number of carbonyl (C=O) groups is 1. The first-order valence-corrected chi connectivity index (χ1v) is 6.34. The van der Waals surface area contributed by atoms with Gasteiger partial charge in [0.2, 0.25) is 5.91 Å². The van der Waals surface area contributed by atoms with Gasteiger partial charge in [-0.3, -0.25) is 9.93 Å². The molecule has 16 heavy (non-hydrogen) atoms. The molecule has 0 spiro atoms. The lowest BCUT2D eigenvalue weighted by Gasteiger charge is -2.13. The van der Waals surface area contributed by atoms with Crippen LogP contribution in [0.25, 0.3) is 0 Å². The summed E-state index contributed by atoms with van der Waals surface area (Å²) < 4.78 is 1.08. The molecule has 92 valence electrons. The zero-order chi connectivity index (χ0) is 12.9. The number of rotatable bonds is 2. The van der Waals surface area contributed by atoms with E-state index in [0.29, 0.717) is 0 Å². The molecule has 0 unspecified atom stereocenters. The van der Waals surface area contributed by atoms with E-state index in [0.717, 1.165) is 14.6 Å². The highest BCUT2D eigenvalue weighted by Gasteiger charge is 2.19. The molecule has 0 saturated heterocycles. The van der Waals surface area contributed by atoms with Gasteiger partial charge >= 0.3 is 0 Å². The Labute approximate surface area is 104 Å². The fourth-order valence-electron chi connectivity index (χ4n) is 0.884. The van der Waals surface area contributed by atoms with Crippen molar-refractivity contribution in [3.8, 4) is 0 Å². The van der Waals surface area contributed by atoms with Gasteiger partial charge in [0, 0.05) is 11.8 Å². The largest absolute Gasteiger partial charge is 0.385 e. The number of carbonyl (C=O) groups excluding carboxylic acids is 1. The molecular weight excluding hydrogens is 244 g/mol. The number of aliphatic hydroxyl groups is 1. The van der Waals surface area contributed by atoms with Crippen molar-refractivity contribution >= 4 is 29.2 Å². The minimum atomic E-state index is -0.747. The summed E-state index contributed by atoms with van der Waals surface area (Å²) in [7, 11) is 0. The summed E-state index contributed by atoms with van der Waals surface area (Å²) in [5.74, 6) is -0.333. The van der Waals surface area contributed by atoms with Crippen LogP contribution in [0.4, 0.5) is 0 Å². The smallest absolute Gasteiger partial charge is 0.214 e. The molecule has 0 aliphatic heterocycles. The van der Waals surface area contributed by atoms with Gasteiger partial charge in [0.05, 0.1) is 9.81 Å². The van der Waals surface area contributed by atoms with Crippen molar-refractivity contribution in [1.29, 1.82) is 0 Å². The minimum absolute atomic E-state index is 0.333.